The maximum absolute atomic E-state index is 13.0. The van der Waals surface area contributed by atoms with Gasteiger partial charge in [-0.1, -0.05) is 48.5 Å². The van der Waals surface area contributed by atoms with E-state index < -0.39 is 26.2 Å². The molecule has 5 N–H and O–H groups in total. The summed E-state index contributed by atoms with van der Waals surface area (Å²) in [6.45, 7) is 2.04. The zero-order valence-electron chi connectivity index (χ0n) is 21.6. The quantitative estimate of drug-likeness (QED) is 0.127. The number of halogens is 1. The number of hydrogen-bond donors (Lipinski definition) is 3. The van der Waals surface area contributed by atoms with Crippen LogP contribution >= 0.6 is 0 Å². The molecule has 0 fully saturated rings. The third kappa shape index (κ3) is 9.65. The number of amides is 1. The second-order valence-electron chi connectivity index (χ2n) is 8.53. The number of sulfonamides is 1. The van der Waals surface area contributed by atoms with E-state index in [9.17, 15) is 13.2 Å². The molecule has 1 aromatic heterocycles. The minimum absolute atomic E-state index is 0.0686. The van der Waals surface area contributed by atoms with Crippen LogP contribution in [0.15, 0.2) is 106 Å². The van der Waals surface area contributed by atoms with Gasteiger partial charge in [-0.2, -0.15) is 13.0 Å². The molecule has 0 unspecified atom stereocenters. The molecule has 0 bridgehead atoms. The van der Waals surface area contributed by atoms with Gasteiger partial charge in [0.1, 0.15) is 0 Å². The predicted molar refractivity (Wildman–Crippen MR) is 140 cm³/mol. The highest BCUT2D eigenvalue weighted by molar-refractivity contribution is 7.90. The summed E-state index contributed by atoms with van der Waals surface area (Å²) in [4.78, 5) is 12.9. The Balaban J connectivity index is 0.000000850. The van der Waals surface area contributed by atoms with Crippen LogP contribution in [-0.4, -0.2) is 20.3 Å². The van der Waals surface area contributed by atoms with Crippen molar-refractivity contribution < 1.29 is 46.7 Å². The number of carbonyl (C=O) groups excluding carboxylic acids is 1. The van der Waals surface area contributed by atoms with E-state index in [1.165, 1.54) is 24.3 Å². The molecule has 1 amide bonds. The zero-order chi connectivity index (χ0) is 30.2. The van der Waals surface area contributed by atoms with Crippen molar-refractivity contribution in [2.45, 2.75) is 18.4 Å². The van der Waals surface area contributed by atoms with Crippen LogP contribution in [0.5, 0.6) is 0 Å². The van der Waals surface area contributed by atoms with Crippen molar-refractivity contribution >= 4 is 27.6 Å². The van der Waals surface area contributed by atoms with Crippen molar-refractivity contribution in [2.24, 2.45) is 15.9 Å². The van der Waals surface area contributed by atoms with Gasteiger partial charge >= 0.3 is 0 Å². The normalized spacial score (nSPS) is 11.1. The summed E-state index contributed by atoms with van der Waals surface area (Å²) in [7, 11) is -8.95. The first kappa shape index (κ1) is 31.2. The van der Waals surface area contributed by atoms with Crippen LogP contribution in [0, 0.1) is 17.2 Å². The molecule has 0 spiro atoms. The van der Waals surface area contributed by atoms with E-state index in [4.69, 9.17) is 30.1 Å². The highest BCUT2D eigenvalue weighted by Gasteiger charge is 2.22. The molecule has 214 valence electrons. The van der Waals surface area contributed by atoms with E-state index in [0.717, 1.165) is 28.1 Å². The standard InChI is InChI=1S/C27H25N5O3S.ClHO4/c1-19-16-22(20-8-4-2-5-9-20)17-25(21-10-6-3-7-11-21)32(19)18-26(33)30-23-12-14-24(15-13-23)36(34,35)31-27(28)29;2-1(3,4)5/h2-17H,18H2,1H3,(H4-,28,29,30,31,33);(H,2,3,4,5). The lowest BCUT2D eigenvalue weighted by Crippen LogP contribution is -2.68. The summed E-state index contributed by atoms with van der Waals surface area (Å²) < 4.78 is 63.4. The number of pyridine rings is 1. The third-order valence-corrected chi connectivity index (χ3v) is 6.83. The molecule has 12 nitrogen and oxygen atoms in total. The van der Waals surface area contributed by atoms with E-state index in [1.807, 2.05) is 60.0 Å². The Kier molecular flexibility index (Phi) is 10.1. The van der Waals surface area contributed by atoms with Crippen LogP contribution in [0.3, 0.4) is 0 Å². The zero-order valence-corrected chi connectivity index (χ0v) is 23.2. The van der Waals surface area contributed by atoms with Gasteiger partial charge < -0.3 is 16.8 Å². The lowest BCUT2D eigenvalue weighted by molar-refractivity contribution is -2.00. The van der Waals surface area contributed by atoms with Crippen LogP contribution < -0.4 is 40.0 Å². The number of carbonyl (C=O) groups is 1. The summed E-state index contributed by atoms with van der Waals surface area (Å²) in [5.74, 6) is -0.806. The Morgan fingerprint density at radius 2 is 1.34 bits per heavy atom. The van der Waals surface area contributed by atoms with Crippen molar-refractivity contribution in [2.75, 3.05) is 5.32 Å². The minimum atomic E-state index is -4.94. The Hall–Kier alpha value is -4.37. The summed E-state index contributed by atoms with van der Waals surface area (Å²) in [5, 5.41) is 2.82. The molecule has 4 aromatic rings. The molecule has 0 radical (unpaired) electrons. The van der Waals surface area contributed by atoms with Gasteiger partial charge in [-0.3, -0.25) is 4.79 Å². The predicted octanol–water partition coefficient (Wildman–Crippen LogP) is -1.54. The first-order valence-electron chi connectivity index (χ1n) is 11.8. The largest absolute Gasteiger partial charge is 0.369 e. The number of nitrogens with zero attached hydrogens (tertiary/aromatic N) is 2. The number of aromatic nitrogens is 1. The highest BCUT2D eigenvalue weighted by atomic mass is 35.7. The van der Waals surface area contributed by atoms with Gasteiger partial charge in [-0.05, 0) is 47.5 Å². The maximum Gasteiger partial charge on any atom is 0.290 e. The molecule has 0 aliphatic rings. The molecular formula is C27H26ClN5O7S. The number of rotatable bonds is 7. The maximum atomic E-state index is 13.0. The summed E-state index contributed by atoms with van der Waals surface area (Å²) in [6.07, 6.45) is 0. The van der Waals surface area contributed by atoms with Gasteiger partial charge in [0.2, 0.25) is 18.2 Å². The topological polar surface area (TPSA) is 224 Å². The van der Waals surface area contributed by atoms with Crippen molar-refractivity contribution in [3.63, 3.8) is 0 Å². The number of benzene rings is 3. The lowest BCUT2D eigenvalue weighted by atomic mass is 10.0. The lowest BCUT2D eigenvalue weighted by Gasteiger charge is -2.17. The van der Waals surface area contributed by atoms with E-state index >= 15 is 0 Å². The first-order valence-corrected chi connectivity index (χ1v) is 14.4. The van der Waals surface area contributed by atoms with Gasteiger partial charge in [-0.15, -0.1) is 14.6 Å². The van der Waals surface area contributed by atoms with Crippen LogP contribution in [0.1, 0.15) is 5.69 Å². The van der Waals surface area contributed by atoms with E-state index in [0.29, 0.717) is 5.69 Å². The molecule has 0 atom stereocenters. The Morgan fingerprint density at radius 3 is 1.85 bits per heavy atom. The smallest absolute Gasteiger partial charge is 0.290 e. The number of guanidine groups is 1. The van der Waals surface area contributed by atoms with Crippen LogP contribution in [0.4, 0.5) is 5.69 Å². The second-order valence-corrected chi connectivity index (χ2v) is 10.9. The van der Waals surface area contributed by atoms with Gasteiger partial charge in [0.05, 0.1) is 4.90 Å². The average Bonchev–Trinajstić information content (AvgIpc) is 2.89. The summed E-state index contributed by atoms with van der Waals surface area (Å²) in [5.41, 5.74) is 15.8. The fourth-order valence-electron chi connectivity index (χ4n) is 3.86. The SMILES string of the molecule is Cc1cc(-c2ccccc2)cc(-c2ccccc2)[n+]1CC(=O)Nc1ccc(S(=O)(=O)N=C(N)N)cc1.[O-][Cl+3]([O-])([O-])[O-]. The molecule has 0 saturated carbocycles. The molecule has 4 rings (SSSR count). The molecule has 0 saturated heterocycles. The van der Waals surface area contributed by atoms with Gasteiger partial charge in [0.15, 0.2) is 5.69 Å². The van der Waals surface area contributed by atoms with Crippen molar-refractivity contribution in [3.8, 4) is 22.4 Å². The van der Waals surface area contributed by atoms with Gasteiger partial charge in [-0.25, -0.2) is 18.6 Å². The molecule has 14 heteroatoms. The highest BCUT2D eigenvalue weighted by Crippen LogP contribution is 2.25. The number of anilines is 1. The number of aryl methyl sites for hydroxylation is 1. The Labute approximate surface area is 238 Å². The van der Waals surface area contributed by atoms with Crippen molar-refractivity contribution in [3.05, 3.63) is 103 Å². The van der Waals surface area contributed by atoms with E-state index in [2.05, 4.69) is 34.0 Å². The van der Waals surface area contributed by atoms with E-state index in [-0.39, 0.29) is 17.3 Å². The number of nitrogens with one attached hydrogen (secondary N) is 1. The number of hydrogen-bond acceptors (Lipinski definition) is 7. The number of nitrogens with two attached hydrogens (primary N) is 2. The van der Waals surface area contributed by atoms with Crippen LogP contribution in [0.25, 0.3) is 22.4 Å². The Bertz CT molecular complexity index is 1620. The molecular weight excluding hydrogens is 574 g/mol. The molecule has 3 aromatic carbocycles. The molecule has 41 heavy (non-hydrogen) atoms. The van der Waals surface area contributed by atoms with E-state index in [1.54, 1.807) is 0 Å². The first-order chi connectivity index (χ1) is 19.2. The monoisotopic (exact) mass is 599 g/mol. The van der Waals surface area contributed by atoms with Gasteiger partial charge in [0.25, 0.3) is 15.9 Å². The fourth-order valence-corrected chi connectivity index (χ4v) is 4.72. The van der Waals surface area contributed by atoms with Gasteiger partial charge in [0, 0.05) is 30.3 Å². The molecule has 1 heterocycles. The summed E-state index contributed by atoms with van der Waals surface area (Å²) >= 11 is 0. The Morgan fingerprint density at radius 1 is 0.829 bits per heavy atom. The van der Waals surface area contributed by atoms with Crippen LogP contribution in [-0.2, 0) is 21.4 Å². The van der Waals surface area contributed by atoms with Crippen molar-refractivity contribution in [1.29, 1.82) is 0 Å². The third-order valence-electron chi connectivity index (χ3n) is 5.51. The molecule has 0 aliphatic carbocycles. The van der Waals surface area contributed by atoms with Crippen molar-refractivity contribution in [1.82, 2.24) is 0 Å². The summed E-state index contributed by atoms with van der Waals surface area (Å²) in [6, 6.07) is 29.7. The van der Waals surface area contributed by atoms with Crippen LogP contribution in [0.2, 0.25) is 0 Å². The minimum Gasteiger partial charge on any atom is -0.369 e. The fraction of sp³-hybridized carbons (Fsp3) is 0.0741. The second kappa shape index (κ2) is 13.3. The molecule has 0 aliphatic heterocycles. The average molecular weight is 600 g/mol.